The Kier molecular flexibility index (Phi) is 3.28. The lowest BCUT2D eigenvalue weighted by Crippen LogP contribution is -2.30. The molecule has 0 aromatic carbocycles. The lowest BCUT2D eigenvalue weighted by atomic mass is 9.96. The van der Waals surface area contributed by atoms with Crippen molar-refractivity contribution < 1.29 is 5.11 Å². The first-order valence-corrected chi connectivity index (χ1v) is 6.58. The third-order valence-electron chi connectivity index (χ3n) is 3.13. The molecule has 4 nitrogen and oxygen atoms in total. The number of β-amino-alcohol motifs (C(OH)–C–C–N with tert-alkyl or cyclic N) is 1. The van der Waals surface area contributed by atoms with Crippen LogP contribution >= 0.6 is 11.6 Å². The molecule has 0 saturated carbocycles. The van der Waals surface area contributed by atoms with Crippen LogP contribution in [0.2, 0.25) is 5.15 Å². The Morgan fingerprint density at radius 3 is 2.56 bits per heavy atom. The Bertz CT molecular complexity index is 454. The van der Waals surface area contributed by atoms with Crippen LogP contribution in [-0.4, -0.2) is 33.8 Å². The summed E-state index contributed by atoms with van der Waals surface area (Å²) in [5.74, 6) is 1.54. The average molecular weight is 270 g/mol. The normalized spacial score (nSPS) is 24.7. The number of aromatic nitrogens is 2. The van der Waals surface area contributed by atoms with Gasteiger partial charge in [-0.1, -0.05) is 32.4 Å². The fraction of sp³-hybridized carbons (Fsp3) is 0.692. The fourth-order valence-corrected chi connectivity index (χ4v) is 2.22. The van der Waals surface area contributed by atoms with Gasteiger partial charge >= 0.3 is 0 Å². The zero-order chi connectivity index (χ0) is 13.6. The van der Waals surface area contributed by atoms with Crippen molar-refractivity contribution in [1.82, 2.24) is 9.97 Å². The van der Waals surface area contributed by atoms with E-state index in [2.05, 4.69) is 35.6 Å². The predicted octanol–water partition coefficient (Wildman–Crippen LogP) is 2.39. The summed E-state index contributed by atoms with van der Waals surface area (Å²) in [4.78, 5) is 10.9. The quantitative estimate of drug-likeness (QED) is 0.796. The van der Waals surface area contributed by atoms with E-state index in [9.17, 15) is 5.11 Å². The van der Waals surface area contributed by atoms with E-state index in [0.717, 1.165) is 24.6 Å². The van der Waals surface area contributed by atoms with Crippen molar-refractivity contribution in [2.24, 2.45) is 0 Å². The molecule has 1 aromatic heterocycles. The van der Waals surface area contributed by atoms with Crippen molar-refractivity contribution in [3.05, 3.63) is 17.0 Å². The molecule has 1 aliphatic heterocycles. The molecule has 18 heavy (non-hydrogen) atoms. The highest BCUT2D eigenvalue weighted by molar-refractivity contribution is 6.29. The summed E-state index contributed by atoms with van der Waals surface area (Å²) in [5.41, 5.74) is -0.777. The van der Waals surface area contributed by atoms with E-state index in [0.29, 0.717) is 11.7 Å². The van der Waals surface area contributed by atoms with Crippen LogP contribution < -0.4 is 4.90 Å². The highest BCUT2D eigenvalue weighted by atomic mass is 35.5. The molecule has 2 heterocycles. The molecule has 5 heteroatoms. The monoisotopic (exact) mass is 269 g/mol. The van der Waals surface area contributed by atoms with E-state index < -0.39 is 5.60 Å². The van der Waals surface area contributed by atoms with Gasteiger partial charge in [0.05, 0.1) is 5.60 Å². The van der Waals surface area contributed by atoms with Gasteiger partial charge in [0.2, 0.25) is 0 Å². The number of nitrogens with zero attached hydrogens (tertiary/aromatic N) is 3. The first-order chi connectivity index (χ1) is 8.17. The van der Waals surface area contributed by atoms with Gasteiger partial charge in [-0.15, -0.1) is 0 Å². The van der Waals surface area contributed by atoms with E-state index in [1.165, 1.54) is 0 Å². The summed E-state index contributed by atoms with van der Waals surface area (Å²) >= 11 is 6.07. The number of anilines is 1. The molecular formula is C13H20ClN3O. The third-order valence-corrected chi connectivity index (χ3v) is 3.32. The Morgan fingerprint density at radius 2 is 2.06 bits per heavy atom. The minimum absolute atomic E-state index is 0.137. The van der Waals surface area contributed by atoms with E-state index >= 15 is 0 Å². The molecule has 1 unspecified atom stereocenters. The summed E-state index contributed by atoms with van der Waals surface area (Å²) in [5, 5.41) is 10.5. The number of rotatable bonds is 1. The molecule has 0 amide bonds. The summed E-state index contributed by atoms with van der Waals surface area (Å²) in [6, 6.07) is 1.76. The molecule has 100 valence electrons. The zero-order valence-electron chi connectivity index (χ0n) is 11.4. The Morgan fingerprint density at radius 1 is 1.39 bits per heavy atom. The van der Waals surface area contributed by atoms with Crippen molar-refractivity contribution in [2.75, 3.05) is 18.0 Å². The van der Waals surface area contributed by atoms with E-state index in [-0.39, 0.29) is 5.41 Å². The molecule has 1 aromatic rings. The van der Waals surface area contributed by atoms with Crippen molar-refractivity contribution >= 4 is 17.4 Å². The summed E-state index contributed by atoms with van der Waals surface area (Å²) in [7, 11) is 0. The maximum Gasteiger partial charge on any atom is 0.137 e. The van der Waals surface area contributed by atoms with Gasteiger partial charge < -0.3 is 10.0 Å². The third kappa shape index (κ3) is 2.93. The van der Waals surface area contributed by atoms with Crippen LogP contribution in [0.3, 0.4) is 0 Å². The van der Waals surface area contributed by atoms with Crippen LogP contribution in [0.25, 0.3) is 0 Å². The van der Waals surface area contributed by atoms with Gasteiger partial charge in [-0.05, 0) is 13.3 Å². The zero-order valence-corrected chi connectivity index (χ0v) is 12.1. The maximum atomic E-state index is 10.0. The smallest absolute Gasteiger partial charge is 0.137 e. The second-order valence-electron chi connectivity index (χ2n) is 6.29. The highest BCUT2D eigenvalue weighted by Gasteiger charge is 2.32. The number of aliphatic hydroxyl groups is 1. The van der Waals surface area contributed by atoms with Crippen LogP contribution in [0.5, 0.6) is 0 Å². The molecule has 0 radical (unpaired) electrons. The van der Waals surface area contributed by atoms with Crippen molar-refractivity contribution in [1.29, 1.82) is 0 Å². The van der Waals surface area contributed by atoms with Crippen LogP contribution in [0.4, 0.5) is 5.82 Å². The van der Waals surface area contributed by atoms with Crippen LogP contribution in [0.1, 0.15) is 39.9 Å². The maximum absolute atomic E-state index is 10.0. The molecule has 0 aliphatic carbocycles. The summed E-state index contributed by atoms with van der Waals surface area (Å²) in [6.07, 6.45) is 0.749. The van der Waals surface area contributed by atoms with E-state index in [4.69, 9.17) is 11.6 Å². The van der Waals surface area contributed by atoms with E-state index in [1.54, 1.807) is 6.07 Å². The van der Waals surface area contributed by atoms with Crippen LogP contribution in [0.15, 0.2) is 6.07 Å². The summed E-state index contributed by atoms with van der Waals surface area (Å²) in [6.45, 7) is 9.40. The molecule has 1 saturated heterocycles. The number of halogens is 1. The first-order valence-electron chi connectivity index (χ1n) is 6.20. The van der Waals surface area contributed by atoms with Crippen LogP contribution in [-0.2, 0) is 5.41 Å². The van der Waals surface area contributed by atoms with Gasteiger partial charge in [0.15, 0.2) is 0 Å². The van der Waals surface area contributed by atoms with Crippen molar-refractivity contribution in [2.45, 2.75) is 45.1 Å². The first kappa shape index (κ1) is 13.6. The molecule has 1 N–H and O–H groups in total. The Hall–Kier alpha value is -0.870. The van der Waals surface area contributed by atoms with Gasteiger partial charge in [0, 0.05) is 24.6 Å². The van der Waals surface area contributed by atoms with Crippen LogP contribution in [0, 0.1) is 0 Å². The fourth-order valence-electron chi connectivity index (χ4n) is 2.04. The van der Waals surface area contributed by atoms with Gasteiger partial charge in [-0.2, -0.15) is 0 Å². The molecule has 1 fully saturated rings. The summed E-state index contributed by atoms with van der Waals surface area (Å²) < 4.78 is 0. The molecule has 0 spiro atoms. The van der Waals surface area contributed by atoms with Gasteiger partial charge in [-0.3, -0.25) is 0 Å². The average Bonchev–Trinajstić information content (AvgIpc) is 2.56. The molecule has 1 atom stereocenters. The largest absolute Gasteiger partial charge is 0.388 e. The van der Waals surface area contributed by atoms with Crippen molar-refractivity contribution in [3.63, 3.8) is 0 Å². The standard InChI is InChI=1S/C13H20ClN3O/c1-12(2,3)11-15-9(14)7-10(16-11)17-6-5-13(4,18)8-17/h7,18H,5-6,8H2,1-4H3. The minimum Gasteiger partial charge on any atom is -0.388 e. The molecule has 1 aliphatic rings. The minimum atomic E-state index is -0.640. The van der Waals surface area contributed by atoms with E-state index in [1.807, 2.05) is 6.92 Å². The second kappa shape index (κ2) is 4.35. The topological polar surface area (TPSA) is 49.2 Å². The Labute approximate surface area is 113 Å². The van der Waals surface area contributed by atoms with Gasteiger partial charge in [0.1, 0.15) is 16.8 Å². The van der Waals surface area contributed by atoms with Gasteiger partial charge in [0.25, 0.3) is 0 Å². The molecular weight excluding hydrogens is 250 g/mol. The SMILES string of the molecule is CC1(O)CCN(c2cc(Cl)nc(C(C)(C)C)n2)C1. The second-order valence-corrected chi connectivity index (χ2v) is 6.68. The number of hydrogen-bond donors (Lipinski definition) is 1. The molecule has 0 bridgehead atoms. The van der Waals surface area contributed by atoms with Gasteiger partial charge in [-0.25, -0.2) is 9.97 Å². The predicted molar refractivity (Wildman–Crippen MR) is 73.2 cm³/mol. The number of hydrogen-bond acceptors (Lipinski definition) is 4. The lowest BCUT2D eigenvalue weighted by Gasteiger charge is -2.23. The lowest BCUT2D eigenvalue weighted by molar-refractivity contribution is 0.0839. The van der Waals surface area contributed by atoms with Crippen molar-refractivity contribution in [3.8, 4) is 0 Å². The molecule has 2 rings (SSSR count). The Balaban J connectivity index is 2.32. The highest BCUT2D eigenvalue weighted by Crippen LogP contribution is 2.28.